The van der Waals surface area contributed by atoms with Crippen molar-refractivity contribution in [2.45, 2.75) is 51.5 Å². The average molecular weight is 351 g/mol. The van der Waals surface area contributed by atoms with Gasteiger partial charge in [0.1, 0.15) is 4.34 Å². The monoisotopic (exact) mass is 349 g/mol. The normalized spacial score (nSPS) is 19.7. The molecule has 1 aliphatic rings. The number of hydrogen-bond donors (Lipinski definition) is 1. The van der Waals surface area contributed by atoms with Crippen molar-refractivity contribution in [1.82, 2.24) is 5.32 Å². The fraction of sp³-hybridized carbons (Fsp3) is 0.714. The van der Waals surface area contributed by atoms with Crippen molar-refractivity contribution in [2.24, 2.45) is 5.92 Å². The molecule has 18 heavy (non-hydrogen) atoms. The largest absolute Gasteiger partial charge is 0.309 e. The van der Waals surface area contributed by atoms with E-state index >= 15 is 0 Å². The first-order valence-corrected chi connectivity index (χ1v) is 8.89. The highest BCUT2D eigenvalue weighted by Crippen LogP contribution is 2.40. The van der Waals surface area contributed by atoms with Crippen molar-refractivity contribution < 1.29 is 0 Å². The molecule has 0 amide bonds. The summed E-state index contributed by atoms with van der Waals surface area (Å²) in [5, 5.41) is 3.67. The summed E-state index contributed by atoms with van der Waals surface area (Å²) in [6, 6.07) is 2.69. The molecule has 0 bridgehead atoms. The predicted molar refractivity (Wildman–Crippen MR) is 84.6 cm³/mol. The molecule has 102 valence electrons. The molecule has 1 aliphatic carbocycles. The van der Waals surface area contributed by atoms with Crippen LogP contribution in [-0.2, 0) is 0 Å². The lowest BCUT2D eigenvalue weighted by atomic mass is 9.91. The van der Waals surface area contributed by atoms with Crippen molar-refractivity contribution in [3.05, 3.63) is 19.8 Å². The minimum atomic E-state index is 0.488. The molecule has 2 rings (SSSR count). The maximum atomic E-state index is 6.19. The highest BCUT2D eigenvalue weighted by molar-refractivity contribution is 9.10. The molecular weight excluding hydrogens is 330 g/mol. The van der Waals surface area contributed by atoms with Crippen molar-refractivity contribution in [3.8, 4) is 0 Å². The first-order valence-electron chi connectivity index (χ1n) is 6.90. The Morgan fingerprint density at radius 3 is 2.56 bits per heavy atom. The maximum Gasteiger partial charge on any atom is 0.107 e. The van der Waals surface area contributed by atoms with Gasteiger partial charge in [0.05, 0.1) is 0 Å². The van der Waals surface area contributed by atoms with E-state index in [1.54, 1.807) is 11.3 Å². The van der Waals surface area contributed by atoms with Gasteiger partial charge in [0.15, 0.2) is 0 Å². The SMILES string of the molecule is CCNC(c1cc(Br)c(Cl)s1)C1CCCCCC1. The Morgan fingerprint density at radius 2 is 2.06 bits per heavy atom. The van der Waals surface area contributed by atoms with Gasteiger partial charge in [-0.3, -0.25) is 0 Å². The van der Waals surface area contributed by atoms with E-state index in [1.165, 1.54) is 43.4 Å². The van der Waals surface area contributed by atoms with Crippen LogP contribution in [0.1, 0.15) is 56.4 Å². The lowest BCUT2D eigenvalue weighted by Gasteiger charge is -2.26. The summed E-state index contributed by atoms with van der Waals surface area (Å²) in [4.78, 5) is 1.39. The molecule has 1 aromatic rings. The van der Waals surface area contributed by atoms with Gasteiger partial charge in [-0.05, 0) is 47.3 Å². The molecule has 0 aliphatic heterocycles. The number of nitrogens with one attached hydrogen (secondary N) is 1. The molecule has 1 heterocycles. The molecule has 1 saturated carbocycles. The average Bonchev–Trinajstić information content (AvgIpc) is 2.60. The van der Waals surface area contributed by atoms with Crippen LogP contribution in [-0.4, -0.2) is 6.54 Å². The quantitative estimate of drug-likeness (QED) is 0.678. The van der Waals surface area contributed by atoms with Gasteiger partial charge in [0.2, 0.25) is 0 Å². The number of rotatable bonds is 4. The number of thiophene rings is 1. The third-order valence-electron chi connectivity index (χ3n) is 3.77. The summed E-state index contributed by atoms with van der Waals surface area (Å²) in [7, 11) is 0. The second kappa shape index (κ2) is 7.28. The van der Waals surface area contributed by atoms with Crippen LogP contribution in [0.5, 0.6) is 0 Å². The summed E-state index contributed by atoms with van der Waals surface area (Å²) in [5.41, 5.74) is 0. The van der Waals surface area contributed by atoms with Gasteiger partial charge in [-0.1, -0.05) is 44.2 Å². The Bertz CT molecular complexity index is 352. The van der Waals surface area contributed by atoms with Crippen LogP contribution < -0.4 is 5.32 Å². The van der Waals surface area contributed by atoms with Crippen molar-refractivity contribution in [1.29, 1.82) is 0 Å². The van der Waals surface area contributed by atoms with Crippen molar-refractivity contribution in [3.63, 3.8) is 0 Å². The number of hydrogen-bond acceptors (Lipinski definition) is 2. The van der Waals surface area contributed by atoms with Crippen molar-refractivity contribution in [2.75, 3.05) is 6.54 Å². The molecule has 0 aromatic carbocycles. The Morgan fingerprint density at radius 1 is 1.39 bits per heavy atom. The Kier molecular flexibility index (Phi) is 5.99. The van der Waals surface area contributed by atoms with Gasteiger partial charge < -0.3 is 5.32 Å². The lowest BCUT2D eigenvalue weighted by molar-refractivity contribution is 0.334. The second-order valence-corrected chi connectivity index (χ2v) is 7.60. The standard InChI is InChI=1S/C14H21BrClNS/c1-2-17-13(10-7-5-3-4-6-8-10)12-9-11(15)14(16)18-12/h9-10,13,17H,2-8H2,1H3. The van der Waals surface area contributed by atoms with E-state index in [0.29, 0.717) is 6.04 Å². The van der Waals surface area contributed by atoms with Gasteiger partial charge >= 0.3 is 0 Å². The Hall–Kier alpha value is 0.430. The highest BCUT2D eigenvalue weighted by Gasteiger charge is 2.25. The summed E-state index contributed by atoms with van der Waals surface area (Å²) < 4.78 is 1.92. The Balaban J connectivity index is 2.15. The molecule has 0 spiro atoms. The van der Waals surface area contributed by atoms with E-state index in [-0.39, 0.29) is 0 Å². The fourth-order valence-corrected chi connectivity index (χ4v) is 4.79. The van der Waals surface area contributed by atoms with Gasteiger partial charge in [-0.15, -0.1) is 11.3 Å². The highest BCUT2D eigenvalue weighted by atomic mass is 79.9. The molecular formula is C14H21BrClNS. The van der Waals surface area contributed by atoms with E-state index in [1.807, 2.05) is 0 Å². The fourth-order valence-electron chi connectivity index (χ4n) is 2.88. The van der Waals surface area contributed by atoms with Crippen LogP contribution in [0.2, 0.25) is 4.34 Å². The van der Waals surface area contributed by atoms with E-state index in [2.05, 4.69) is 34.2 Å². The summed E-state index contributed by atoms with van der Waals surface area (Å²) in [5.74, 6) is 0.772. The van der Waals surface area contributed by atoms with Gasteiger partial charge in [-0.2, -0.15) is 0 Å². The van der Waals surface area contributed by atoms with E-state index < -0.39 is 0 Å². The first-order chi connectivity index (χ1) is 8.72. The predicted octanol–water partition coefficient (Wildman–Crippen LogP) is 5.79. The smallest absolute Gasteiger partial charge is 0.107 e. The zero-order valence-corrected chi connectivity index (χ0v) is 14.0. The minimum Gasteiger partial charge on any atom is -0.309 e. The third-order valence-corrected chi connectivity index (χ3v) is 6.32. The van der Waals surface area contributed by atoms with Gasteiger partial charge in [0.25, 0.3) is 0 Å². The van der Waals surface area contributed by atoms with E-state index in [9.17, 15) is 0 Å². The van der Waals surface area contributed by atoms with Crippen LogP contribution in [0.3, 0.4) is 0 Å². The zero-order valence-electron chi connectivity index (χ0n) is 10.8. The van der Waals surface area contributed by atoms with Crippen LogP contribution in [0, 0.1) is 5.92 Å². The maximum absolute atomic E-state index is 6.19. The summed E-state index contributed by atoms with van der Waals surface area (Å²) >= 11 is 11.4. The van der Waals surface area contributed by atoms with E-state index in [0.717, 1.165) is 21.3 Å². The first kappa shape index (κ1) is 14.8. The minimum absolute atomic E-state index is 0.488. The molecule has 1 fully saturated rings. The molecule has 1 N–H and O–H groups in total. The molecule has 0 radical (unpaired) electrons. The third kappa shape index (κ3) is 3.72. The second-order valence-electron chi connectivity index (χ2n) is 5.06. The molecule has 1 nitrogen and oxygen atoms in total. The number of halogens is 2. The van der Waals surface area contributed by atoms with E-state index in [4.69, 9.17) is 11.6 Å². The van der Waals surface area contributed by atoms with Gasteiger partial charge in [-0.25, -0.2) is 0 Å². The molecule has 4 heteroatoms. The topological polar surface area (TPSA) is 12.0 Å². The van der Waals surface area contributed by atoms with Crippen LogP contribution in [0.15, 0.2) is 10.5 Å². The molecule has 0 saturated heterocycles. The summed E-state index contributed by atoms with van der Waals surface area (Å²) in [6.07, 6.45) is 8.28. The molecule has 1 unspecified atom stereocenters. The van der Waals surface area contributed by atoms with Crippen LogP contribution in [0.25, 0.3) is 0 Å². The molecule has 1 aromatic heterocycles. The Labute approximate surface area is 127 Å². The lowest BCUT2D eigenvalue weighted by Crippen LogP contribution is -2.27. The van der Waals surface area contributed by atoms with Crippen molar-refractivity contribution >= 4 is 38.9 Å². The van der Waals surface area contributed by atoms with Gasteiger partial charge in [0, 0.05) is 15.4 Å². The van der Waals surface area contributed by atoms with Crippen LogP contribution >= 0.6 is 38.9 Å². The molecule has 1 atom stereocenters. The summed E-state index contributed by atoms with van der Waals surface area (Å²) in [6.45, 7) is 3.21. The van der Waals surface area contributed by atoms with Crippen LogP contribution in [0.4, 0.5) is 0 Å². The zero-order chi connectivity index (χ0) is 13.0.